The maximum atomic E-state index is 12.5. The van der Waals surface area contributed by atoms with Gasteiger partial charge in [-0.2, -0.15) is 15.5 Å². The predicted octanol–water partition coefficient (Wildman–Crippen LogP) is 3.54. The van der Waals surface area contributed by atoms with Gasteiger partial charge in [0.15, 0.2) is 5.82 Å². The van der Waals surface area contributed by atoms with E-state index in [9.17, 15) is 4.79 Å². The Hall–Kier alpha value is -2.66. The average molecular weight is 387 g/mol. The molecule has 0 saturated heterocycles. The van der Waals surface area contributed by atoms with Crippen LogP contribution in [0.25, 0.3) is 10.9 Å². The number of benzene rings is 1. The second-order valence-corrected chi connectivity index (χ2v) is 6.49. The molecule has 8 heteroatoms. The molecule has 0 aliphatic carbocycles. The molecular weight excluding hydrogens is 372 g/mol. The molecule has 0 aliphatic rings. The SMILES string of the molecule is Cc1cc2c(NC(=O)c3cnn(C(C)C)c3Br)n[nH]c2cc1C#N. The molecule has 0 aliphatic heterocycles. The third-order valence-corrected chi connectivity index (χ3v) is 4.52. The summed E-state index contributed by atoms with van der Waals surface area (Å²) in [6.45, 7) is 5.81. The van der Waals surface area contributed by atoms with E-state index < -0.39 is 0 Å². The Bertz CT molecular complexity index is 979. The number of hydrogen-bond acceptors (Lipinski definition) is 4. The second kappa shape index (κ2) is 6.09. The number of fused-ring (bicyclic) bond motifs is 1. The summed E-state index contributed by atoms with van der Waals surface area (Å²) in [7, 11) is 0. The molecule has 1 aromatic carbocycles. The van der Waals surface area contributed by atoms with Crippen LogP contribution >= 0.6 is 15.9 Å². The van der Waals surface area contributed by atoms with Crippen molar-refractivity contribution in [3.8, 4) is 6.07 Å². The van der Waals surface area contributed by atoms with Gasteiger partial charge in [0.1, 0.15) is 4.60 Å². The van der Waals surface area contributed by atoms with Crippen molar-refractivity contribution in [3.05, 3.63) is 39.6 Å². The van der Waals surface area contributed by atoms with E-state index in [1.807, 2.05) is 26.8 Å². The summed E-state index contributed by atoms with van der Waals surface area (Å²) in [6, 6.07) is 5.83. The van der Waals surface area contributed by atoms with Gasteiger partial charge in [-0.25, -0.2) is 0 Å². The predicted molar refractivity (Wildman–Crippen MR) is 93.8 cm³/mol. The minimum absolute atomic E-state index is 0.138. The minimum atomic E-state index is -0.302. The van der Waals surface area contributed by atoms with Gasteiger partial charge in [-0.05, 0) is 54.4 Å². The number of nitrogens with zero attached hydrogens (tertiary/aromatic N) is 4. The Morgan fingerprint density at radius 2 is 2.21 bits per heavy atom. The lowest BCUT2D eigenvalue weighted by Gasteiger charge is -2.07. The molecule has 0 unspecified atom stereocenters. The van der Waals surface area contributed by atoms with Crippen LogP contribution in [-0.2, 0) is 0 Å². The van der Waals surface area contributed by atoms with Crippen molar-refractivity contribution in [2.24, 2.45) is 0 Å². The van der Waals surface area contributed by atoms with Crippen LogP contribution in [0.1, 0.15) is 41.4 Å². The van der Waals surface area contributed by atoms with E-state index >= 15 is 0 Å². The lowest BCUT2D eigenvalue weighted by Crippen LogP contribution is -2.13. The first-order valence-electron chi connectivity index (χ1n) is 7.35. The van der Waals surface area contributed by atoms with E-state index in [4.69, 9.17) is 5.26 Å². The van der Waals surface area contributed by atoms with Crippen molar-refractivity contribution in [1.29, 1.82) is 5.26 Å². The number of H-pyrrole nitrogens is 1. The van der Waals surface area contributed by atoms with Crippen molar-refractivity contribution in [2.45, 2.75) is 26.8 Å². The van der Waals surface area contributed by atoms with E-state index in [1.165, 1.54) is 6.20 Å². The van der Waals surface area contributed by atoms with Gasteiger partial charge in [0.2, 0.25) is 0 Å². The van der Waals surface area contributed by atoms with E-state index in [0.29, 0.717) is 27.1 Å². The largest absolute Gasteiger partial charge is 0.304 e. The summed E-state index contributed by atoms with van der Waals surface area (Å²) < 4.78 is 2.35. The number of hydrogen-bond donors (Lipinski definition) is 2. The number of anilines is 1. The van der Waals surface area contributed by atoms with E-state index in [2.05, 4.69) is 42.6 Å². The number of carbonyl (C=O) groups excluding carboxylic acids is 1. The zero-order valence-corrected chi connectivity index (χ0v) is 15.0. The van der Waals surface area contributed by atoms with Crippen LogP contribution < -0.4 is 5.32 Å². The molecule has 3 rings (SSSR count). The van der Waals surface area contributed by atoms with Crippen LogP contribution in [0, 0.1) is 18.3 Å². The van der Waals surface area contributed by atoms with Crippen LogP contribution in [0.3, 0.4) is 0 Å². The Balaban J connectivity index is 1.94. The molecule has 2 heterocycles. The topological polar surface area (TPSA) is 99.4 Å². The number of nitriles is 1. The number of rotatable bonds is 3. The van der Waals surface area contributed by atoms with Gasteiger partial charge >= 0.3 is 0 Å². The number of amides is 1. The number of nitrogens with one attached hydrogen (secondary N) is 2. The molecule has 2 N–H and O–H groups in total. The van der Waals surface area contributed by atoms with Crippen molar-refractivity contribution in [2.75, 3.05) is 5.32 Å². The van der Waals surface area contributed by atoms with Gasteiger partial charge in [-0.15, -0.1) is 0 Å². The quantitative estimate of drug-likeness (QED) is 0.718. The first kappa shape index (κ1) is 16.2. The van der Waals surface area contributed by atoms with Crippen LogP contribution in [0.15, 0.2) is 22.9 Å². The summed E-state index contributed by atoms with van der Waals surface area (Å²) in [5.41, 5.74) is 2.54. The highest BCUT2D eigenvalue weighted by atomic mass is 79.9. The van der Waals surface area contributed by atoms with Crippen molar-refractivity contribution < 1.29 is 4.79 Å². The highest BCUT2D eigenvalue weighted by Gasteiger charge is 2.19. The van der Waals surface area contributed by atoms with Crippen LogP contribution in [0.4, 0.5) is 5.82 Å². The number of aromatic nitrogens is 4. The summed E-state index contributed by atoms with van der Waals surface area (Å²) >= 11 is 3.41. The summed E-state index contributed by atoms with van der Waals surface area (Å²) in [5.74, 6) is 0.121. The Morgan fingerprint density at radius 3 is 2.83 bits per heavy atom. The molecule has 122 valence electrons. The minimum Gasteiger partial charge on any atom is -0.304 e. The molecule has 7 nitrogen and oxygen atoms in total. The van der Waals surface area contributed by atoms with Crippen LogP contribution in [0.5, 0.6) is 0 Å². The maximum Gasteiger partial charge on any atom is 0.261 e. The maximum absolute atomic E-state index is 12.5. The Kier molecular flexibility index (Phi) is 4.11. The van der Waals surface area contributed by atoms with Gasteiger partial charge < -0.3 is 5.32 Å². The lowest BCUT2D eigenvalue weighted by atomic mass is 10.1. The standard InChI is InChI=1S/C16H15BrN6O/c1-8(2)23-14(17)12(7-19-23)16(24)20-15-11-4-9(3)10(6-18)5-13(11)21-22-15/h4-5,7-8H,1-3H3,(H2,20,21,22,24). The summed E-state index contributed by atoms with van der Waals surface area (Å²) in [4.78, 5) is 12.5. The number of aryl methyl sites for hydroxylation is 1. The number of carbonyl (C=O) groups is 1. The van der Waals surface area contributed by atoms with Crippen LogP contribution in [-0.4, -0.2) is 25.9 Å². The third-order valence-electron chi connectivity index (χ3n) is 3.73. The highest BCUT2D eigenvalue weighted by Crippen LogP contribution is 2.26. The molecule has 0 spiro atoms. The van der Waals surface area contributed by atoms with Crippen molar-refractivity contribution in [1.82, 2.24) is 20.0 Å². The van der Waals surface area contributed by atoms with Crippen molar-refractivity contribution in [3.63, 3.8) is 0 Å². The third kappa shape index (κ3) is 2.67. The van der Waals surface area contributed by atoms with Crippen LogP contribution in [0.2, 0.25) is 0 Å². The normalized spacial score (nSPS) is 11.0. The first-order valence-corrected chi connectivity index (χ1v) is 8.15. The van der Waals surface area contributed by atoms with Gasteiger partial charge in [-0.3, -0.25) is 14.6 Å². The fourth-order valence-electron chi connectivity index (χ4n) is 2.42. The Labute approximate surface area is 146 Å². The summed E-state index contributed by atoms with van der Waals surface area (Å²) in [5, 5.41) is 23.8. The molecule has 0 saturated carbocycles. The second-order valence-electron chi connectivity index (χ2n) is 5.74. The van der Waals surface area contributed by atoms with Crippen molar-refractivity contribution >= 4 is 38.6 Å². The van der Waals surface area contributed by atoms with E-state index in [1.54, 1.807) is 10.7 Å². The average Bonchev–Trinajstić information content (AvgIpc) is 3.10. The molecule has 0 fully saturated rings. The molecule has 0 atom stereocenters. The monoisotopic (exact) mass is 386 g/mol. The summed E-state index contributed by atoms with van der Waals surface area (Å²) in [6.07, 6.45) is 1.52. The molecular formula is C16H15BrN6O. The lowest BCUT2D eigenvalue weighted by molar-refractivity contribution is 0.102. The highest BCUT2D eigenvalue weighted by molar-refractivity contribution is 9.10. The van der Waals surface area contributed by atoms with Gasteiger partial charge in [0.05, 0.1) is 28.9 Å². The van der Waals surface area contributed by atoms with E-state index in [-0.39, 0.29) is 11.9 Å². The molecule has 24 heavy (non-hydrogen) atoms. The molecule has 1 amide bonds. The molecule has 3 aromatic rings. The van der Waals surface area contributed by atoms with Gasteiger partial charge in [0.25, 0.3) is 5.91 Å². The number of halogens is 1. The Morgan fingerprint density at radius 1 is 1.46 bits per heavy atom. The van der Waals surface area contributed by atoms with Gasteiger partial charge in [0, 0.05) is 11.4 Å². The fraction of sp³-hybridized carbons (Fsp3) is 0.250. The molecule has 0 radical (unpaired) electrons. The fourth-order valence-corrected chi connectivity index (χ4v) is 3.21. The molecule has 2 aromatic heterocycles. The molecule has 0 bridgehead atoms. The first-order chi connectivity index (χ1) is 11.4. The smallest absolute Gasteiger partial charge is 0.261 e. The number of aromatic amines is 1. The van der Waals surface area contributed by atoms with E-state index in [0.717, 1.165) is 10.9 Å². The van der Waals surface area contributed by atoms with Gasteiger partial charge in [-0.1, -0.05) is 0 Å². The zero-order chi connectivity index (χ0) is 17.4. The zero-order valence-electron chi connectivity index (χ0n) is 13.4.